The van der Waals surface area contributed by atoms with E-state index in [1.807, 2.05) is 30.0 Å². The minimum absolute atomic E-state index is 0.00354. The molecule has 0 saturated carbocycles. The summed E-state index contributed by atoms with van der Waals surface area (Å²) in [5.41, 5.74) is 2.84. The Morgan fingerprint density at radius 3 is 2.52 bits per heavy atom. The molecule has 6 heteroatoms. The van der Waals surface area contributed by atoms with Crippen LogP contribution in [-0.4, -0.2) is 28.2 Å². The average molecular weight is 396 g/mol. The van der Waals surface area contributed by atoms with Crippen LogP contribution < -0.4 is 0 Å². The highest BCUT2D eigenvalue weighted by Crippen LogP contribution is 2.34. The highest BCUT2D eigenvalue weighted by molar-refractivity contribution is 7.90. The molecule has 2 atom stereocenters. The van der Waals surface area contributed by atoms with E-state index in [1.54, 1.807) is 24.5 Å². The van der Waals surface area contributed by atoms with Gasteiger partial charge in [-0.05, 0) is 53.8 Å². The monoisotopic (exact) mass is 395 g/mol. The van der Waals surface area contributed by atoms with Crippen molar-refractivity contribution in [2.75, 3.05) is 12.8 Å². The molecule has 25 heavy (non-hydrogen) atoms. The first-order chi connectivity index (χ1) is 11.9. The molecule has 132 valence electrons. The van der Waals surface area contributed by atoms with Crippen LogP contribution in [0.4, 0.5) is 0 Å². The van der Waals surface area contributed by atoms with Gasteiger partial charge in [-0.3, -0.25) is 4.79 Å². The summed E-state index contributed by atoms with van der Waals surface area (Å²) in [4.78, 5) is 15.6. The van der Waals surface area contributed by atoms with E-state index in [4.69, 9.17) is 23.2 Å². The fourth-order valence-corrected chi connectivity index (χ4v) is 4.77. The third kappa shape index (κ3) is 3.68. The maximum Gasteiger partial charge on any atom is 0.227 e. The van der Waals surface area contributed by atoms with Crippen molar-refractivity contribution in [2.24, 2.45) is 0 Å². The van der Waals surface area contributed by atoms with Crippen molar-refractivity contribution in [3.63, 3.8) is 0 Å². The van der Waals surface area contributed by atoms with Crippen molar-refractivity contribution < 1.29 is 9.35 Å². The summed E-state index contributed by atoms with van der Waals surface area (Å²) in [6.45, 7) is 2.61. The second kappa shape index (κ2) is 7.58. The Bertz CT molecular complexity index is 790. The van der Waals surface area contributed by atoms with Crippen molar-refractivity contribution in [2.45, 2.75) is 30.7 Å². The second-order valence-corrected chi connectivity index (χ2v) is 8.33. The van der Waals surface area contributed by atoms with Gasteiger partial charge < -0.3 is 9.45 Å². The van der Waals surface area contributed by atoms with E-state index in [0.717, 1.165) is 16.0 Å². The van der Waals surface area contributed by atoms with Gasteiger partial charge in [-0.25, -0.2) is 0 Å². The molecule has 2 aromatic rings. The summed E-state index contributed by atoms with van der Waals surface area (Å²) in [7, 11) is 0. The van der Waals surface area contributed by atoms with Crippen molar-refractivity contribution in [1.29, 1.82) is 0 Å². The van der Waals surface area contributed by atoms with Crippen LogP contribution in [0.3, 0.4) is 0 Å². The molecule has 0 aliphatic carbocycles. The fourth-order valence-electron chi connectivity index (χ4n) is 3.40. The maximum atomic E-state index is 12.9. The van der Waals surface area contributed by atoms with Crippen LogP contribution in [-0.2, 0) is 28.8 Å². The predicted octanol–water partition coefficient (Wildman–Crippen LogP) is 4.42. The van der Waals surface area contributed by atoms with Gasteiger partial charge in [0.15, 0.2) is 4.90 Å². The van der Waals surface area contributed by atoms with E-state index in [9.17, 15) is 9.35 Å². The Morgan fingerprint density at radius 1 is 1.24 bits per heavy atom. The number of rotatable bonds is 3. The lowest BCUT2D eigenvalue weighted by Gasteiger charge is -2.36. The Hall–Kier alpha value is -1.20. The average Bonchev–Trinajstić information content (AvgIpc) is 2.58. The molecule has 1 amide bonds. The Labute approximate surface area is 161 Å². The second-order valence-electron chi connectivity index (χ2n) is 6.17. The van der Waals surface area contributed by atoms with E-state index in [-0.39, 0.29) is 18.4 Å². The number of hydrogen-bond donors (Lipinski definition) is 0. The molecule has 0 radical (unpaired) electrons. The van der Waals surface area contributed by atoms with Gasteiger partial charge in [0.1, 0.15) is 6.26 Å². The molecule has 3 rings (SSSR count). The summed E-state index contributed by atoms with van der Waals surface area (Å²) < 4.78 is 12.0. The SMILES string of the molecule is C[C@H]1c2cccc([S@+](C)[O-])c2CCN1C(=O)Cc1c(Cl)cccc1Cl. The maximum absolute atomic E-state index is 12.9. The van der Waals surface area contributed by atoms with Crippen LogP contribution in [0, 0.1) is 0 Å². The van der Waals surface area contributed by atoms with E-state index < -0.39 is 11.2 Å². The molecular weight excluding hydrogens is 377 g/mol. The molecule has 1 heterocycles. The summed E-state index contributed by atoms with van der Waals surface area (Å²) >= 11 is 11.4. The first kappa shape index (κ1) is 18.6. The lowest BCUT2D eigenvalue weighted by Crippen LogP contribution is -2.40. The third-order valence-electron chi connectivity index (χ3n) is 4.71. The summed E-state index contributed by atoms with van der Waals surface area (Å²) in [5, 5.41) is 1.02. The van der Waals surface area contributed by atoms with Gasteiger partial charge in [-0.2, -0.15) is 0 Å². The minimum atomic E-state index is -1.03. The number of amides is 1. The Balaban J connectivity index is 1.86. The van der Waals surface area contributed by atoms with Gasteiger partial charge in [0.2, 0.25) is 5.91 Å². The predicted molar refractivity (Wildman–Crippen MR) is 103 cm³/mol. The van der Waals surface area contributed by atoms with Gasteiger partial charge in [0.05, 0.1) is 12.5 Å². The molecule has 0 spiro atoms. The number of fused-ring (bicyclic) bond motifs is 1. The zero-order chi connectivity index (χ0) is 18.1. The fraction of sp³-hybridized carbons (Fsp3) is 0.316. The van der Waals surface area contributed by atoms with Crippen molar-refractivity contribution in [1.82, 2.24) is 4.90 Å². The van der Waals surface area contributed by atoms with E-state index in [0.29, 0.717) is 28.6 Å². The minimum Gasteiger partial charge on any atom is -0.612 e. The Kier molecular flexibility index (Phi) is 5.64. The Morgan fingerprint density at radius 2 is 1.88 bits per heavy atom. The largest absolute Gasteiger partial charge is 0.612 e. The third-order valence-corrected chi connectivity index (χ3v) is 6.42. The van der Waals surface area contributed by atoms with Crippen molar-refractivity contribution in [3.8, 4) is 0 Å². The number of nitrogens with zero attached hydrogens (tertiary/aromatic N) is 1. The zero-order valence-corrected chi connectivity index (χ0v) is 16.4. The molecule has 3 nitrogen and oxygen atoms in total. The molecule has 0 fully saturated rings. The summed E-state index contributed by atoms with van der Waals surface area (Å²) in [6.07, 6.45) is 2.58. The molecular formula is C19H19Cl2NO2S. The lowest BCUT2D eigenvalue weighted by molar-refractivity contribution is -0.133. The van der Waals surface area contributed by atoms with Crippen LogP contribution in [0.2, 0.25) is 10.0 Å². The molecule has 0 unspecified atom stereocenters. The van der Waals surface area contributed by atoms with Gasteiger partial charge >= 0.3 is 0 Å². The normalized spacial score (nSPS) is 18.0. The standard InChI is InChI=1S/C19H19Cl2NO2S/c1-12-13-5-3-8-18(25(2)24)14(13)9-10-22(12)19(23)11-15-16(20)6-4-7-17(15)21/h3-8,12H,9-11H2,1-2H3/t12-,25-/m0/s1. The zero-order valence-electron chi connectivity index (χ0n) is 14.1. The van der Waals surface area contributed by atoms with Gasteiger partial charge in [0, 0.05) is 22.2 Å². The van der Waals surface area contributed by atoms with Crippen LogP contribution in [0.25, 0.3) is 0 Å². The molecule has 1 aliphatic rings. The van der Waals surface area contributed by atoms with Crippen molar-refractivity contribution in [3.05, 3.63) is 63.1 Å². The molecule has 0 bridgehead atoms. The van der Waals surface area contributed by atoms with Crippen molar-refractivity contribution >= 4 is 40.3 Å². The van der Waals surface area contributed by atoms with Gasteiger partial charge in [-0.1, -0.05) is 41.4 Å². The van der Waals surface area contributed by atoms with Crippen LogP contribution >= 0.6 is 23.2 Å². The van der Waals surface area contributed by atoms with E-state index in [2.05, 4.69) is 0 Å². The molecule has 0 N–H and O–H groups in total. The van der Waals surface area contributed by atoms with Gasteiger partial charge in [-0.15, -0.1) is 0 Å². The highest BCUT2D eigenvalue weighted by Gasteiger charge is 2.31. The van der Waals surface area contributed by atoms with E-state index in [1.165, 1.54) is 0 Å². The first-order valence-corrected chi connectivity index (χ1v) is 10.4. The molecule has 0 aromatic heterocycles. The highest BCUT2D eigenvalue weighted by atomic mass is 35.5. The molecule has 2 aromatic carbocycles. The van der Waals surface area contributed by atoms with Crippen LogP contribution in [0.1, 0.15) is 29.7 Å². The number of halogens is 2. The van der Waals surface area contributed by atoms with Crippen LogP contribution in [0.5, 0.6) is 0 Å². The molecule has 1 aliphatic heterocycles. The number of carbonyl (C=O) groups is 1. The summed E-state index contributed by atoms with van der Waals surface area (Å²) in [6, 6.07) is 11.0. The van der Waals surface area contributed by atoms with E-state index >= 15 is 0 Å². The quantitative estimate of drug-likeness (QED) is 0.721. The van der Waals surface area contributed by atoms with Gasteiger partial charge in [0.25, 0.3) is 0 Å². The topological polar surface area (TPSA) is 43.4 Å². The number of benzene rings is 2. The molecule has 0 saturated heterocycles. The van der Waals surface area contributed by atoms with Crippen LogP contribution in [0.15, 0.2) is 41.3 Å². The number of hydrogen-bond acceptors (Lipinski definition) is 2. The summed E-state index contributed by atoms with van der Waals surface area (Å²) in [5.74, 6) is -0.00354. The number of carbonyl (C=O) groups excluding carboxylic acids is 1. The first-order valence-electron chi connectivity index (χ1n) is 8.07. The lowest BCUT2D eigenvalue weighted by atomic mass is 9.93. The smallest absolute Gasteiger partial charge is 0.227 e.